The second kappa shape index (κ2) is 5.39. The molecule has 0 saturated carbocycles. The average molecular weight is 380 g/mol. The monoisotopic (exact) mass is 378 g/mol. The third-order valence-electron chi connectivity index (χ3n) is 3.03. The highest BCUT2D eigenvalue weighted by Gasteiger charge is 2.01. The fourth-order valence-electron chi connectivity index (χ4n) is 2.04. The molecule has 1 heterocycles. The van der Waals surface area contributed by atoms with Gasteiger partial charge in [-0.1, -0.05) is 22.0 Å². The molecule has 0 unspecified atom stereocenters. The molecule has 0 aliphatic carbocycles. The first-order chi connectivity index (χ1) is 9.22. The third-order valence-corrected chi connectivity index (χ3v) is 4.18. The van der Waals surface area contributed by atoms with Gasteiger partial charge in [-0.2, -0.15) is 0 Å². The highest BCUT2D eigenvalue weighted by molar-refractivity contribution is 9.11. The molecule has 0 spiro atoms. The molecule has 0 bridgehead atoms. The summed E-state index contributed by atoms with van der Waals surface area (Å²) < 4.78 is 2.13. The van der Waals surface area contributed by atoms with Crippen LogP contribution in [0.1, 0.15) is 5.56 Å². The Balaban J connectivity index is 1.77. The Hall–Kier alpha value is -1.26. The van der Waals surface area contributed by atoms with E-state index in [1.165, 1.54) is 16.5 Å². The molecule has 2 N–H and O–H groups in total. The van der Waals surface area contributed by atoms with Gasteiger partial charge in [0.15, 0.2) is 0 Å². The number of aromatic amines is 1. The first kappa shape index (κ1) is 12.8. The number of fused-ring (bicyclic) bond motifs is 1. The van der Waals surface area contributed by atoms with E-state index >= 15 is 0 Å². The number of H-pyrrole nitrogens is 1. The summed E-state index contributed by atoms with van der Waals surface area (Å²) in [5.41, 5.74) is 3.54. The van der Waals surface area contributed by atoms with Gasteiger partial charge in [-0.25, -0.2) is 0 Å². The Bertz CT molecular complexity index is 719. The molecule has 3 aromatic rings. The van der Waals surface area contributed by atoms with Crippen molar-refractivity contribution in [2.45, 2.75) is 6.54 Å². The molecule has 2 aromatic carbocycles. The van der Waals surface area contributed by atoms with Crippen LogP contribution in [0.2, 0.25) is 0 Å². The molecule has 0 amide bonds. The fourth-order valence-corrected chi connectivity index (χ4v) is 3.23. The van der Waals surface area contributed by atoms with Crippen LogP contribution in [-0.2, 0) is 6.54 Å². The fraction of sp³-hybridized carbons (Fsp3) is 0.0667. The first-order valence-corrected chi connectivity index (χ1v) is 7.56. The van der Waals surface area contributed by atoms with Gasteiger partial charge in [0.2, 0.25) is 0 Å². The van der Waals surface area contributed by atoms with Crippen molar-refractivity contribution < 1.29 is 0 Å². The van der Waals surface area contributed by atoms with Crippen molar-refractivity contribution in [1.82, 2.24) is 4.98 Å². The van der Waals surface area contributed by atoms with E-state index in [2.05, 4.69) is 72.5 Å². The second-order valence-corrected chi connectivity index (χ2v) is 6.15. The molecule has 3 rings (SSSR count). The standard InChI is InChI=1S/C15H12Br2N2/c16-12-2-4-15(13(17)8-12)19-9-10-1-3-14-11(7-10)5-6-18-14/h1-8,18-19H,9H2. The zero-order valence-electron chi connectivity index (χ0n) is 10.1. The van der Waals surface area contributed by atoms with Gasteiger partial charge in [0, 0.05) is 32.9 Å². The minimum absolute atomic E-state index is 0.807. The van der Waals surface area contributed by atoms with Crippen molar-refractivity contribution in [3.8, 4) is 0 Å². The number of anilines is 1. The van der Waals surface area contributed by atoms with E-state index in [4.69, 9.17) is 0 Å². The number of nitrogens with one attached hydrogen (secondary N) is 2. The van der Waals surface area contributed by atoms with Crippen LogP contribution in [0.25, 0.3) is 10.9 Å². The van der Waals surface area contributed by atoms with Crippen molar-refractivity contribution in [3.63, 3.8) is 0 Å². The highest BCUT2D eigenvalue weighted by atomic mass is 79.9. The smallest absolute Gasteiger partial charge is 0.0488 e. The van der Waals surface area contributed by atoms with Gasteiger partial charge in [0.1, 0.15) is 0 Å². The van der Waals surface area contributed by atoms with Gasteiger partial charge in [-0.05, 0) is 63.3 Å². The highest BCUT2D eigenvalue weighted by Crippen LogP contribution is 2.26. The zero-order valence-corrected chi connectivity index (χ0v) is 13.3. The number of aromatic nitrogens is 1. The number of halogens is 2. The molecule has 1 aromatic heterocycles. The maximum atomic E-state index is 3.56. The number of hydrogen-bond acceptors (Lipinski definition) is 1. The summed E-state index contributed by atoms with van der Waals surface area (Å²) in [6, 6.07) is 14.7. The lowest BCUT2D eigenvalue weighted by atomic mass is 10.1. The van der Waals surface area contributed by atoms with E-state index < -0.39 is 0 Å². The number of hydrogen-bond donors (Lipinski definition) is 2. The maximum Gasteiger partial charge on any atom is 0.0488 e. The molecule has 2 nitrogen and oxygen atoms in total. The van der Waals surface area contributed by atoms with Gasteiger partial charge >= 0.3 is 0 Å². The topological polar surface area (TPSA) is 27.8 Å². The van der Waals surface area contributed by atoms with E-state index in [1.807, 2.05) is 18.3 Å². The molecule has 0 saturated heterocycles. The summed E-state index contributed by atoms with van der Waals surface area (Å²) in [7, 11) is 0. The molecule has 0 radical (unpaired) electrons. The zero-order chi connectivity index (χ0) is 13.2. The lowest BCUT2D eigenvalue weighted by Crippen LogP contribution is -1.99. The van der Waals surface area contributed by atoms with E-state index in [1.54, 1.807) is 0 Å². The summed E-state index contributed by atoms with van der Waals surface area (Å²) in [6.45, 7) is 0.807. The summed E-state index contributed by atoms with van der Waals surface area (Å²) in [5, 5.41) is 4.68. The van der Waals surface area contributed by atoms with Crippen LogP contribution in [0.4, 0.5) is 5.69 Å². The van der Waals surface area contributed by atoms with Gasteiger partial charge in [-0.3, -0.25) is 0 Å². The largest absolute Gasteiger partial charge is 0.380 e. The Morgan fingerprint density at radius 3 is 2.74 bits per heavy atom. The van der Waals surface area contributed by atoms with E-state index in [0.29, 0.717) is 0 Å². The lowest BCUT2D eigenvalue weighted by Gasteiger charge is -2.09. The molecule has 19 heavy (non-hydrogen) atoms. The predicted molar refractivity (Wildman–Crippen MR) is 87.5 cm³/mol. The molecule has 0 atom stereocenters. The molecule has 0 aliphatic heterocycles. The average Bonchev–Trinajstić information content (AvgIpc) is 2.85. The molecule has 0 fully saturated rings. The number of benzene rings is 2. The Morgan fingerprint density at radius 1 is 1.00 bits per heavy atom. The summed E-state index contributed by atoms with van der Waals surface area (Å²) in [6.07, 6.45) is 1.97. The van der Waals surface area contributed by atoms with Crippen molar-refractivity contribution >= 4 is 48.5 Å². The minimum atomic E-state index is 0.807. The summed E-state index contributed by atoms with van der Waals surface area (Å²) in [5.74, 6) is 0. The predicted octanol–water partition coefficient (Wildman–Crippen LogP) is 5.31. The van der Waals surface area contributed by atoms with Crippen LogP contribution in [0.5, 0.6) is 0 Å². The summed E-state index contributed by atoms with van der Waals surface area (Å²) >= 11 is 7.01. The molecule has 4 heteroatoms. The number of rotatable bonds is 3. The lowest BCUT2D eigenvalue weighted by molar-refractivity contribution is 1.15. The normalized spacial score (nSPS) is 10.8. The van der Waals surface area contributed by atoms with Crippen LogP contribution < -0.4 is 5.32 Å². The van der Waals surface area contributed by atoms with E-state index in [-0.39, 0.29) is 0 Å². The quantitative estimate of drug-likeness (QED) is 0.634. The third kappa shape index (κ3) is 2.85. The van der Waals surface area contributed by atoms with Crippen molar-refractivity contribution in [3.05, 3.63) is 63.2 Å². The second-order valence-electron chi connectivity index (χ2n) is 4.38. The SMILES string of the molecule is Brc1ccc(NCc2ccc3[nH]ccc3c2)c(Br)c1. The van der Waals surface area contributed by atoms with Crippen molar-refractivity contribution in [2.24, 2.45) is 0 Å². The maximum absolute atomic E-state index is 3.56. The van der Waals surface area contributed by atoms with Gasteiger partial charge < -0.3 is 10.3 Å². The van der Waals surface area contributed by atoms with Crippen molar-refractivity contribution in [2.75, 3.05) is 5.32 Å². The van der Waals surface area contributed by atoms with Crippen molar-refractivity contribution in [1.29, 1.82) is 0 Å². The molecule has 96 valence electrons. The molecular formula is C15H12Br2N2. The summed E-state index contributed by atoms with van der Waals surface area (Å²) in [4.78, 5) is 3.20. The van der Waals surface area contributed by atoms with Crippen LogP contribution in [0.15, 0.2) is 57.6 Å². The first-order valence-electron chi connectivity index (χ1n) is 5.97. The van der Waals surface area contributed by atoms with Crippen LogP contribution in [0, 0.1) is 0 Å². The Kier molecular flexibility index (Phi) is 3.62. The Labute approximate surface area is 128 Å². The van der Waals surface area contributed by atoms with Crippen LogP contribution in [0.3, 0.4) is 0 Å². The van der Waals surface area contributed by atoms with E-state index in [9.17, 15) is 0 Å². The Morgan fingerprint density at radius 2 is 1.89 bits per heavy atom. The van der Waals surface area contributed by atoms with Gasteiger partial charge in [0.05, 0.1) is 0 Å². The van der Waals surface area contributed by atoms with E-state index in [0.717, 1.165) is 21.2 Å². The van der Waals surface area contributed by atoms with Gasteiger partial charge in [0.25, 0.3) is 0 Å². The molecular weight excluding hydrogens is 368 g/mol. The van der Waals surface area contributed by atoms with Crippen LogP contribution in [-0.4, -0.2) is 4.98 Å². The molecule has 0 aliphatic rings. The van der Waals surface area contributed by atoms with Crippen LogP contribution >= 0.6 is 31.9 Å². The van der Waals surface area contributed by atoms with Gasteiger partial charge in [-0.15, -0.1) is 0 Å². The minimum Gasteiger partial charge on any atom is -0.380 e.